The third-order valence-electron chi connectivity index (χ3n) is 4.25. The Morgan fingerprint density at radius 1 is 1.39 bits per heavy atom. The highest BCUT2D eigenvalue weighted by Crippen LogP contribution is 2.54. The van der Waals surface area contributed by atoms with E-state index in [0.29, 0.717) is 29.6 Å². The predicted molar refractivity (Wildman–Crippen MR) is 83.8 cm³/mol. The fourth-order valence-corrected chi connectivity index (χ4v) is 2.46. The second-order valence-corrected chi connectivity index (χ2v) is 6.53. The number of ether oxygens (including phenoxy) is 1. The number of hydrogen-bond donors (Lipinski definition) is 2. The number of rotatable bonds is 5. The van der Waals surface area contributed by atoms with Gasteiger partial charge in [-0.05, 0) is 43.0 Å². The SMILES string of the molecule is Cc1noc(COc2ccc(NC(=O)C3(N)CC3(C)C)cc2)n1. The zero-order valence-corrected chi connectivity index (χ0v) is 13.4. The summed E-state index contributed by atoms with van der Waals surface area (Å²) in [5.41, 5.74) is 5.85. The molecule has 122 valence electrons. The lowest BCUT2D eigenvalue weighted by atomic mass is 10.0. The van der Waals surface area contributed by atoms with E-state index in [4.69, 9.17) is 15.0 Å². The molecule has 1 aromatic heterocycles. The van der Waals surface area contributed by atoms with Gasteiger partial charge in [-0.3, -0.25) is 4.79 Å². The Labute approximate surface area is 134 Å². The molecule has 1 unspecified atom stereocenters. The summed E-state index contributed by atoms with van der Waals surface area (Å²) in [6, 6.07) is 7.07. The number of nitrogens with zero attached hydrogens (tertiary/aromatic N) is 2. The lowest BCUT2D eigenvalue weighted by Gasteiger charge is -2.15. The number of benzene rings is 1. The highest BCUT2D eigenvalue weighted by Gasteiger charge is 2.63. The van der Waals surface area contributed by atoms with Crippen LogP contribution in [0.1, 0.15) is 32.0 Å². The number of anilines is 1. The molecule has 1 aliphatic carbocycles. The Hall–Kier alpha value is -2.41. The van der Waals surface area contributed by atoms with Gasteiger partial charge in [0.1, 0.15) is 11.3 Å². The molecule has 2 aromatic rings. The first-order valence-electron chi connectivity index (χ1n) is 7.43. The Morgan fingerprint density at radius 3 is 2.57 bits per heavy atom. The molecule has 0 spiro atoms. The van der Waals surface area contributed by atoms with Gasteiger partial charge in [0.15, 0.2) is 12.4 Å². The standard InChI is InChI=1S/C16H20N4O3/c1-10-18-13(23-20-10)8-22-12-6-4-11(5-7-12)19-14(21)16(17)9-15(16,2)3/h4-7H,8-9,17H2,1-3H3,(H,19,21). The molecule has 7 nitrogen and oxygen atoms in total. The van der Waals surface area contributed by atoms with Crippen molar-refractivity contribution >= 4 is 11.6 Å². The summed E-state index contributed by atoms with van der Waals surface area (Å²) in [4.78, 5) is 16.3. The molecule has 0 aliphatic heterocycles. The highest BCUT2D eigenvalue weighted by molar-refractivity contribution is 6.01. The first-order chi connectivity index (χ1) is 10.8. The quantitative estimate of drug-likeness (QED) is 0.874. The predicted octanol–water partition coefficient (Wildman–Crippen LogP) is 2.02. The second kappa shape index (κ2) is 5.34. The monoisotopic (exact) mass is 316 g/mol. The zero-order chi connectivity index (χ0) is 16.7. The molecule has 1 amide bonds. The Kier molecular flexibility index (Phi) is 3.60. The van der Waals surface area contributed by atoms with Crippen LogP contribution in [-0.4, -0.2) is 21.6 Å². The molecule has 0 bridgehead atoms. The number of nitrogens with two attached hydrogens (primary N) is 1. The summed E-state index contributed by atoms with van der Waals surface area (Å²) in [5.74, 6) is 1.48. The third kappa shape index (κ3) is 3.05. The molecule has 3 N–H and O–H groups in total. The van der Waals surface area contributed by atoms with Crippen LogP contribution in [0.2, 0.25) is 0 Å². The molecule has 23 heavy (non-hydrogen) atoms. The largest absolute Gasteiger partial charge is 0.484 e. The van der Waals surface area contributed by atoms with Gasteiger partial charge in [0.25, 0.3) is 5.89 Å². The molecular weight excluding hydrogens is 296 g/mol. The third-order valence-corrected chi connectivity index (χ3v) is 4.25. The molecule has 1 fully saturated rings. The molecule has 0 saturated heterocycles. The van der Waals surface area contributed by atoms with Crippen molar-refractivity contribution in [3.05, 3.63) is 36.0 Å². The van der Waals surface area contributed by atoms with Crippen LogP contribution in [-0.2, 0) is 11.4 Å². The number of aryl methyl sites for hydroxylation is 1. The van der Waals surface area contributed by atoms with E-state index in [2.05, 4.69) is 15.5 Å². The lowest BCUT2D eigenvalue weighted by molar-refractivity contribution is -0.119. The molecule has 1 aromatic carbocycles. The first-order valence-corrected chi connectivity index (χ1v) is 7.43. The molecule has 3 rings (SSSR count). The summed E-state index contributed by atoms with van der Waals surface area (Å²) in [7, 11) is 0. The van der Waals surface area contributed by atoms with Crippen molar-refractivity contribution in [2.24, 2.45) is 11.1 Å². The fourth-order valence-electron chi connectivity index (χ4n) is 2.46. The van der Waals surface area contributed by atoms with E-state index in [1.165, 1.54) is 0 Å². The van der Waals surface area contributed by atoms with Crippen LogP contribution >= 0.6 is 0 Å². The van der Waals surface area contributed by atoms with Crippen LogP contribution in [0.15, 0.2) is 28.8 Å². The van der Waals surface area contributed by atoms with Gasteiger partial charge in [0, 0.05) is 5.69 Å². The number of amides is 1. The van der Waals surface area contributed by atoms with E-state index in [9.17, 15) is 4.79 Å². The number of carbonyl (C=O) groups is 1. The fraction of sp³-hybridized carbons (Fsp3) is 0.438. The van der Waals surface area contributed by atoms with Crippen molar-refractivity contribution in [2.45, 2.75) is 39.3 Å². The van der Waals surface area contributed by atoms with Gasteiger partial charge < -0.3 is 20.3 Å². The summed E-state index contributed by atoms with van der Waals surface area (Å²) in [6.45, 7) is 5.92. The van der Waals surface area contributed by atoms with E-state index >= 15 is 0 Å². The van der Waals surface area contributed by atoms with Crippen LogP contribution < -0.4 is 15.8 Å². The van der Waals surface area contributed by atoms with E-state index in [-0.39, 0.29) is 17.9 Å². The maximum Gasteiger partial charge on any atom is 0.264 e. The number of hydrogen-bond acceptors (Lipinski definition) is 6. The minimum Gasteiger partial charge on any atom is -0.484 e. The molecule has 7 heteroatoms. The van der Waals surface area contributed by atoms with Crippen LogP contribution in [0.3, 0.4) is 0 Å². The van der Waals surface area contributed by atoms with Gasteiger partial charge in [-0.1, -0.05) is 19.0 Å². The summed E-state index contributed by atoms with van der Waals surface area (Å²) >= 11 is 0. The minimum absolute atomic E-state index is 0.150. The van der Waals surface area contributed by atoms with Gasteiger partial charge in [-0.2, -0.15) is 4.98 Å². The molecule has 1 aliphatic rings. The first kappa shape index (κ1) is 15.5. The summed E-state index contributed by atoms with van der Waals surface area (Å²) in [5, 5.41) is 6.53. The van der Waals surface area contributed by atoms with E-state index in [1.807, 2.05) is 13.8 Å². The van der Waals surface area contributed by atoms with Gasteiger partial charge >= 0.3 is 0 Å². The van der Waals surface area contributed by atoms with Crippen LogP contribution in [0.5, 0.6) is 5.75 Å². The van der Waals surface area contributed by atoms with Crippen molar-refractivity contribution in [2.75, 3.05) is 5.32 Å². The number of carbonyl (C=O) groups excluding carboxylic acids is 1. The molecule has 1 atom stereocenters. The Morgan fingerprint density at radius 2 is 2.04 bits per heavy atom. The maximum atomic E-state index is 12.2. The minimum atomic E-state index is -0.780. The van der Waals surface area contributed by atoms with E-state index < -0.39 is 5.54 Å². The Bertz CT molecular complexity index is 723. The van der Waals surface area contributed by atoms with E-state index in [1.54, 1.807) is 31.2 Å². The summed E-state index contributed by atoms with van der Waals surface area (Å²) in [6.07, 6.45) is 0.691. The number of aromatic nitrogens is 2. The Balaban J connectivity index is 1.56. The van der Waals surface area contributed by atoms with Crippen molar-refractivity contribution in [3.63, 3.8) is 0 Å². The average Bonchev–Trinajstić information content (AvgIpc) is 2.82. The number of nitrogens with one attached hydrogen (secondary N) is 1. The highest BCUT2D eigenvalue weighted by atomic mass is 16.5. The van der Waals surface area contributed by atoms with Gasteiger partial charge in [-0.25, -0.2) is 0 Å². The van der Waals surface area contributed by atoms with Gasteiger partial charge in [0.05, 0.1) is 0 Å². The zero-order valence-electron chi connectivity index (χ0n) is 13.4. The molecule has 1 saturated carbocycles. The topological polar surface area (TPSA) is 103 Å². The molecule has 1 heterocycles. The van der Waals surface area contributed by atoms with Crippen molar-refractivity contribution < 1.29 is 14.1 Å². The van der Waals surface area contributed by atoms with Gasteiger partial charge in [-0.15, -0.1) is 0 Å². The molecule has 0 radical (unpaired) electrons. The van der Waals surface area contributed by atoms with Gasteiger partial charge in [0.2, 0.25) is 5.91 Å². The maximum absolute atomic E-state index is 12.2. The van der Waals surface area contributed by atoms with E-state index in [0.717, 1.165) is 0 Å². The smallest absolute Gasteiger partial charge is 0.264 e. The second-order valence-electron chi connectivity index (χ2n) is 6.53. The van der Waals surface area contributed by atoms with Crippen LogP contribution in [0.25, 0.3) is 0 Å². The van der Waals surface area contributed by atoms with Crippen molar-refractivity contribution in [1.82, 2.24) is 10.1 Å². The average molecular weight is 316 g/mol. The van der Waals surface area contributed by atoms with Crippen LogP contribution in [0, 0.1) is 12.3 Å². The normalized spacial score (nSPS) is 21.7. The summed E-state index contributed by atoms with van der Waals surface area (Å²) < 4.78 is 10.5. The van der Waals surface area contributed by atoms with Crippen molar-refractivity contribution in [1.29, 1.82) is 0 Å². The van der Waals surface area contributed by atoms with Crippen LogP contribution in [0.4, 0.5) is 5.69 Å². The molecular formula is C16H20N4O3. The lowest BCUT2D eigenvalue weighted by Crippen LogP contribution is -2.42. The van der Waals surface area contributed by atoms with Crippen molar-refractivity contribution in [3.8, 4) is 5.75 Å².